The standard InChI is InChI=1S/C32H36N2O2/c35-31(30-16-15-26-9-7-8-14-29(26)25-30)17-18-33-19-21-34(22-20-33)23-24-36-32(27-10-3-1-4-11-27)28-12-5-2-6-13-28/h1-16,25,31-32,35H,17-24H2. The number of fused-ring (bicyclic) bond motifs is 1. The maximum atomic E-state index is 10.8. The average Bonchev–Trinajstić information content (AvgIpc) is 2.95. The van der Waals surface area contributed by atoms with Crippen molar-refractivity contribution in [3.05, 3.63) is 120 Å². The molecule has 0 aliphatic carbocycles. The Morgan fingerprint density at radius 2 is 1.17 bits per heavy atom. The summed E-state index contributed by atoms with van der Waals surface area (Å²) in [5.74, 6) is 0. The Kier molecular flexibility index (Phi) is 8.42. The van der Waals surface area contributed by atoms with Crippen LogP contribution in [0.4, 0.5) is 0 Å². The molecular formula is C32H36N2O2. The minimum absolute atomic E-state index is 0.0368. The highest BCUT2D eigenvalue weighted by Crippen LogP contribution is 2.26. The molecule has 1 saturated heterocycles. The molecule has 0 bridgehead atoms. The highest BCUT2D eigenvalue weighted by Gasteiger charge is 2.19. The number of piperazine rings is 1. The minimum atomic E-state index is -0.422. The van der Waals surface area contributed by atoms with Crippen LogP contribution in [0.25, 0.3) is 10.8 Å². The Bertz CT molecular complexity index is 1170. The Morgan fingerprint density at radius 1 is 0.611 bits per heavy atom. The Labute approximate surface area is 214 Å². The lowest BCUT2D eigenvalue weighted by Crippen LogP contribution is -2.47. The van der Waals surface area contributed by atoms with Gasteiger partial charge in [-0.3, -0.25) is 4.90 Å². The SMILES string of the molecule is OC(CCN1CCN(CCOC(c2ccccc2)c2ccccc2)CC1)c1ccc2ccccc2c1. The molecule has 4 heteroatoms. The number of ether oxygens (including phenoxy) is 1. The molecule has 186 valence electrons. The van der Waals surface area contributed by atoms with Gasteiger partial charge in [0.2, 0.25) is 0 Å². The van der Waals surface area contributed by atoms with Gasteiger partial charge in [0.25, 0.3) is 0 Å². The first kappa shape index (κ1) is 24.7. The number of nitrogens with zero attached hydrogens (tertiary/aromatic N) is 2. The Morgan fingerprint density at radius 3 is 1.81 bits per heavy atom. The number of aliphatic hydroxyl groups excluding tert-OH is 1. The minimum Gasteiger partial charge on any atom is -0.388 e. The van der Waals surface area contributed by atoms with Crippen LogP contribution in [-0.2, 0) is 4.74 Å². The first-order valence-corrected chi connectivity index (χ1v) is 13.1. The van der Waals surface area contributed by atoms with E-state index in [2.05, 4.69) is 94.7 Å². The van der Waals surface area contributed by atoms with E-state index >= 15 is 0 Å². The topological polar surface area (TPSA) is 35.9 Å². The molecule has 0 spiro atoms. The molecule has 1 fully saturated rings. The van der Waals surface area contributed by atoms with Gasteiger partial charge in [-0.1, -0.05) is 97.1 Å². The second-order valence-corrected chi connectivity index (χ2v) is 9.67. The predicted octanol–water partition coefficient (Wildman–Crippen LogP) is 5.69. The smallest absolute Gasteiger partial charge is 0.108 e. The molecule has 1 unspecified atom stereocenters. The van der Waals surface area contributed by atoms with Gasteiger partial charge in [-0.05, 0) is 39.9 Å². The maximum Gasteiger partial charge on any atom is 0.108 e. The molecule has 36 heavy (non-hydrogen) atoms. The van der Waals surface area contributed by atoms with E-state index in [1.165, 1.54) is 21.9 Å². The quantitative estimate of drug-likeness (QED) is 0.316. The van der Waals surface area contributed by atoms with Gasteiger partial charge >= 0.3 is 0 Å². The van der Waals surface area contributed by atoms with Gasteiger partial charge in [-0.25, -0.2) is 0 Å². The van der Waals surface area contributed by atoms with Crippen LogP contribution in [0.5, 0.6) is 0 Å². The van der Waals surface area contributed by atoms with Crippen molar-refractivity contribution in [1.29, 1.82) is 0 Å². The largest absolute Gasteiger partial charge is 0.388 e. The number of rotatable bonds is 10. The number of aliphatic hydroxyl groups is 1. The van der Waals surface area contributed by atoms with E-state index in [0.717, 1.165) is 51.3 Å². The molecule has 1 N–H and O–H groups in total. The molecule has 1 aliphatic heterocycles. The highest BCUT2D eigenvalue weighted by atomic mass is 16.5. The van der Waals surface area contributed by atoms with Crippen LogP contribution < -0.4 is 0 Å². The van der Waals surface area contributed by atoms with Gasteiger partial charge in [0.05, 0.1) is 12.7 Å². The van der Waals surface area contributed by atoms with E-state index < -0.39 is 6.10 Å². The highest BCUT2D eigenvalue weighted by molar-refractivity contribution is 5.83. The summed E-state index contributed by atoms with van der Waals surface area (Å²) >= 11 is 0. The van der Waals surface area contributed by atoms with Crippen molar-refractivity contribution in [3.63, 3.8) is 0 Å². The van der Waals surface area contributed by atoms with Crippen molar-refractivity contribution in [2.45, 2.75) is 18.6 Å². The van der Waals surface area contributed by atoms with Crippen LogP contribution in [0.1, 0.15) is 35.3 Å². The fraction of sp³-hybridized carbons (Fsp3) is 0.312. The van der Waals surface area contributed by atoms with Gasteiger partial charge in [0, 0.05) is 39.3 Å². The summed E-state index contributed by atoms with van der Waals surface area (Å²) in [5.41, 5.74) is 3.40. The molecular weight excluding hydrogens is 444 g/mol. The van der Waals surface area contributed by atoms with Crippen LogP contribution in [0.2, 0.25) is 0 Å². The predicted molar refractivity (Wildman–Crippen MR) is 147 cm³/mol. The first-order chi connectivity index (χ1) is 17.8. The van der Waals surface area contributed by atoms with E-state index in [4.69, 9.17) is 4.74 Å². The maximum absolute atomic E-state index is 10.8. The van der Waals surface area contributed by atoms with Crippen molar-refractivity contribution in [1.82, 2.24) is 9.80 Å². The van der Waals surface area contributed by atoms with Crippen LogP contribution in [0.15, 0.2) is 103 Å². The number of benzene rings is 4. The zero-order valence-corrected chi connectivity index (χ0v) is 20.9. The van der Waals surface area contributed by atoms with Crippen LogP contribution >= 0.6 is 0 Å². The number of hydrogen-bond acceptors (Lipinski definition) is 4. The van der Waals surface area contributed by atoms with Gasteiger partial charge in [0.15, 0.2) is 0 Å². The molecule has 0 aromatic heterocycles. The van der Waals surface area contributed by atoms with Crippen LogP contribution in [0.3, 0.4) is 0 Å². The fourth-order valence-electron chi connectivity index (χ4n) is 5.06. The third kappa shape index (κ3) is 6.40. The van der Waals surface area contributed by atoms with Gasteiger partial charge < -0.3 is 14.7 Å². The summed E-state index contributed by atoms with van der Waals surface area (Å²) in [7, 11) is 0. The molecule has 1 aliphatic rings. The second-order valence-electron chi connectivity index (χ2n) is 9.67. The normalized spacial score (nSPS) is 15.9. The van der Waals surface area contributed by atoms with Crippen molar-refractivity contribution in [3.8, 4) is 0 Å². The van der Waals surface area contributed by atoms with E-state index in [-0.39, 0.29) is 6.10 Å². The summed E-state index contributed by atoms with van der Waals surface area (Å²) < 4.78 is 6.41. The summed E-state index contributed by atoms with van der Waals surface area (Å²) in [6, 6.07) is 35.6. The third-order valence-electron chi connectivity index (χ3n) is 7.24. The summed E-state index contributed by atoms with van der Waals surface area (Å²) in [5, 5.41) is 13.2. The first-order valence-electron chi connectivity index (χ1n) is 13.1. The average molecular weight is 481 g/mol. The molecule has 0 saturated carbocycles. The van der Waals surface area contributed by atoms with E-state index in [0.29, 0.717) is 6.61 Å². The lowest BCUT2D eigenvalue weighted by molar-refractivity contribution is 0.0426. The number of hydrogen-bond donors (Lipinski definition) is 1. The summed E-state index contributed by atoms with van der Waals surface area (Å²) in [6.45, 7) is 6.70. The molecule has 1 atom stereocenters. The van der Waals surface area contributed by atoms with Gasteiger partial charge in [-0.2, -0.15) is 0 Å². The molecule has 4 nitrogen and oxygen atoms in total. The summed E-state index contributed by atoms with van der Waals surface area (Å²) in [6.07, 6.45) is 0.302. The van der Waals surface area contributed by atoms with Crippen molar-refractivity contribution in [2.24, 2.45) is 0 Å². The van der Waals surface area contributed by atoms with Crippen molar-refractivity contribution >= 4 is 10.8 Å². The van der Waals surface area contributed by atoms with Crippen molar-refractivity contribution < 1.29 is 9.84 Å². The van der Waals surface area contributed by atoms with E-state index in [1.54, 1.807) is 0 Å². The third-order valence-corrected chi connectivity index (χ3v) is 7.24. The zero-order chi connectivity index (χ0) is 24.6. The molecule has 5 rings (SSSR count). The van der Waals surface area contributed by atoms with Crippen LogP contribution in [0, 0.1) is 0 Å². The molecule has 0 radical (unpaired) electrons. The molecule has 0 amide bonds. The van der Waals surface area contributed by atoms with Gasteiger partial charge in [-0.15, -0.1) is 0 Å². The zero-order valence-electron chi connectivity index (χ0n) is 20.9. The Balaban J connectivity index is 1.06. The lowest BCUT2D eigenvalue weighted by atomic mass is 10.0. The lowest BCUT2D eigenvalue weighted by Gasteiger charge is -2.35. The second kappa shape index (κ2) is 12.3. The van der Waals surface area contributed by atoms with E-state index in [1.807, 2.05) is 18.2 Å². The van der Waals surface area contributed by atoms with Crippen molar-refractivity contribution in [2.75, 3.05) is 45.9 Å². The Hall–Kier alpha value is -3.02. The fourth-order valence-corrected chi connectivity index (χ4v) is 5.06. The summed E-state index contributed by atoms with van der Waals surface area (Å²) in [4.78, 5) is 4.96. The molecule has 1 heterocycles. The molecule has 4 aromatic rings. The monoisotopic (exact) mass is 480 g/mol. The van der Waals surface area contributed by atoms with Crippen LogP contribution in [-0.4, -0.2) is 60.8 Å². The van der Waals surface area contributed by atoms with Gasteiger partial charge in [0.1, 0.15) is 6.10 Å². The molecule has 4 aromatic carbocycles. The van der Waals surface area contributed by atoms with E-state index in [9.17, 15) is 5.11 Å².